The average Bonchev–Trinajstić information content (AvgIpc) is 3.03. The molecule has 2 heterocycles. The van der Waals surface area contributed by atoms with Crippen LogP contribution in [0.5, 0.6) is 0 Å². The lowest BCUT2D eigenvalue weighted by molar-refractivity contribution is 0.0602. The first kappa shape index (κ1) is 16.7. The van der Waals surface area contributed by atoms with Crippen LogP contribution >= 0.6 is 22.7 Å². The van der Waals surface area contributed by atoms with Crippen molar-refractivity contribution in [3.05, 3.63) is 37.9 Å². The second-order valence-corrected chi connectivity index (χ2v) is 7.49. The Morgan fingerprint density at radius 1 is 1.23 bits per heavy atom. The number of methoxy groups -OCH3 is 1. The highest BCUT2D eigenvalue weighted by Crippen LogP contribution is 2.34. The fourth-order valence-electron chi connectivity index (χ4n) is 1.96. The monoisotopic (exact) mass is 337 g/mol. The number of nitrogens with one attached hydrogen (secondary N) is 1. The van der Waals surface area contributed by atoms with Crippen molar-refractivity contribution in [1.29, 1.82) is 0 Å². The lowest BCUT2D eigenvalue weighted by atomic mass is 10.1. The largest absolute Gasteiger partial charge is 0.465 e. The Morgan fingerprint density at radius 2 is 1.91 bits per heavy atom. The van der Waals surface area contributed by atoms with Crippen LogP contribution in [-0.4, -0.2) is 19.0 Å². The van der Waals surface area contributed by atoms with Gasteiger partial charge in [0, 0.05) is 15.1 Å². The smallest absolute Gasteiger partial charge is 0.340 e. The molecule has 0 spiro atoms. The summed E-state index contributed by atoms with van der Waals surface area (Å²) in [7, 11) is 1.34. The van der Waals surface area contributed by atoms with Crippen molar-refractivity contribution in [2.24, 2.45) is 0 Å². The van der Waals surface area contributed by atoms with Crippen molar-refractivity contribution in [2.45, 2.75) is 33.6 Å². The van der Waals surface area contributed by atoms with Crippen LogP contribution in [0.3, 0.4) is 0 Å². The summed E-state index contributed by atoms with van der Waals surface area (Å²) in [4.78, 5) is 26.5. The van der Waals surface area contributed by atoms with E-state index in [0.29, 0.717) is 16.1 Å². The standard InChI is InChI=1S/C16H19NO3S2/c1-8(2)13-6-11(16(19)20-5)15(22-13)17-14(18)12-7-21-10(4)9(12)3/h6-8H,1-5H3,(H,17,18). The lowest BCUT2D eigenvalue weighted by Crippen LogP contribution is -2.14. The minimum absolute atomic E-state index is 0.191. The summed E-state index contributed by atoms with van der Waals surface area (Å²) in [6.07, 6.45) is 0. The zero-order chi connectivity index (χ0) is 16.4. The van der Waals surface area contributed by atoms with Crippen molar-refractivity contribution < 1.29 is 14.3 Å². The molecule has 0 aliphatic heterocycles. The third-order valence-electron chi connectivity index (χ3n) is 3.48. The summed E-state index contributed by atoms with van der Waals surface area (Å²) in [6.45, 7) is 8.00. The molecule has 0 fully saturated rings. The molecule has 6 heteroatoms. The second-order valence-electron chi connectivity index (χ2n) is 5.32. The van der Waals surface area contributed by atoms with Crippen LogP contribution in [0.25, 0.3) is 0 Å². The van der Waals surface area contributed by atoms with Crippen molar-refractivity contribution >= 4 is 39.6 Å². The number of esters is 1. The van der Waals surface area contributed by atoms with Gasteiger partial charge >= 0.3 is 5.97 Å². The Bertz CT molecular complexity index is 713. The van der Waals surface area contributed by atoms with Gasteiger partial charge in [0.25, 0.3) is 5.91 Å². The first-order valence-electron chi connectivity index (χ1n) is 6.93. The number of amides is 1. The Balaban J connectivity index is 2.34. The summed E-state index contributed by atoms with van der Waals surface area (Å²) < 4.78 is 4.80. The van der Waals surface area contributed by atoms with Crippen LogP contribution < -0.4 is 5.32 Å². The van der Waals surface area contributed by atoms with Crippen LogP contribution in [-0.2, 0) is 4.74 Å². The van der Waals surface area contributed by atoms with E-state index in [1.54, 1.807) is 17.4 Å². The van der Waals surface area contributed by atoms with Gasteiger partial charge < -0.3 is 10.1 Å². The molecule has 2 aromatic rings. The van der Waals surface area contributed by atoms with Crippen molar-refractivity contribution in [1.82, 2.24) is 0 Å². The van der Waals surface area contributed by atoms with Crippen LogP contribution in [0, 0.1) is 13.8 Å². The number of rotatable bonds is 4. The highest BCUT2D eigenvalue weighted by Gasteiger charge is 2.21. The maximum absolute atomic E-state index is 12.4. The fourth-order valence-corrected chi connectivity index (χ4v) is 3.87. The van der Waals surface area contributed by atoms with Crippen LogP contribution in [0.1, 0.15) is 55.8 Å². The van der Waals surface area contributed by atoms with E-state index in [2.05, 4.69) is 5.32 Å². The molecule has 2 rings (SSSR count). The van der Waals surface area contributed by atoms with Gasteiger partial charge in [-0.05, 0) is 31.4 Å². The molecule has 1 N–H and O–H groups in total. The molecule has 0 aromatic carbocycles. The number of hydrogen-bond acceptors (Lipinski definition) is 5. The molecule has 118 valence electrons. The summed E-state index contributed by atoms with van der Waals surface area (Å²) in [6, 6.07) is 1.79. The summed E-state index contributed by atoms with van der Waals surface area (Å²) in [5.41, 5.74) is 2.04. The van der Waals surface area contributed by atoms with Gasteiger partial charge in [0.05, 0.1) is 18.2 Å². The number of carbonyl (C=O) groups excluding carboxylic acids is 2. The van der Waals surface area contributed by atoms with E-state index in [1.807, 2.05) is 33.1 Å². The molecular formula is C16H19NO3S2. The van der Waals surface area contributed by atoms with E-state index < -0.39 is 5.97 Å². The number of carbonyl (C=O) groups is 2. The van der Waals surface area contributed by atoms with E-state index in [9.17, 15) is 9.59 Å². The minimum atomic E-state index is -0.434. The Morgan fingerprint density at radius 3 is 2.41 bits per heavy atom. The highest BCUT2D eigenvalue weighted by atomic mass is 32.1. The van der Waals surface area contributed by atoms with E-state index in [0.717, 1.165) is 15.3 Å². The number of thiophene rings is 2. The van der Waals surface area contributed by atoms with Gasteiger partial charge in [-0.15, -0.1) is 22.7 Å². The van der Waals surface area contributed by atoms with E-state index >= 15 is 0 Å². The normalized spacial score (nSPS) is 10.8. The molecule has 0 saturated carbocycles. The first-order valence-corrected chi connectivity index (χ1v) is 8.62. The summed E-state index contributed by atoms with van der Waals surface area (Å²) in [5, 5.41) is 5.24. The number of anilines is 1. The quantitative estimate of drug-likeness (QED) is 0.830. The van der Waals surface area contributed by atoms with Crippen LogP contribution in [0.4, 0.5) is 5.00 Å². The molecule has 0 unspecified atom stereocenters. The predicted molar refractivity (Wildman–Crippen MR) is 91.5 cm³/mol. The molecule has 0 radical (unpaired) electrons. The van der Waals surface area contributed by atoms with Gasteiger partial charge in [0.2, 0.25) is 0 Å². The molecule has 2 aromatic heterocycles. The predicted octanol–water partition coefficient (Wildman–Crippen LogP) is 4.59. The van der Waals surface area contributed by atoms with Gasteiger partial charge in [-0.1, -0.05) is 13.8 Å². The minimum Gasteiger partial charge on any atom is -0.465 e. The SMILES string of the molecule is COC(=O)c1cc(C(C)C)sc1NC(=O)c1csc(C)c1C. The van der Waals surface area contributed by atoms with Crippen molar-refractivity contribution in [3.8, 4) is 0 Å². The molecule has 22 heavy (non-hydrogen) atoms. The molecule has 0 saturated heterocycles. The highest BCUT2D eigenvalue weighted by molar-refractivity contribution is 7.16. The molecule has 1 amide bonds. The summed E-state index contributed by atoms with van der Waals surface area (Å²) in [5.74, 6) is -0.343. The molecule has 4 nitrogen and oxygen atoms in total. The van der Waals surface area contributed by atoms with Gasteiger partial charge in [-0.25, -0.2) is 4.79 Å². The Kier molecular flexibility index (Phi) is 5.03. The molecule has 0 atom stereocenters. The van der Waals surface area contributed by atoms with Gasteiger partial charge in [0.1, 0.15) is 5.00 Å². The lowest BCUT2D eigenvalue weighted by Gasteiger charge is -2.05. The van der Waals surface area contributed by atoms with E-state index in [1.165, 1.54) is 18.4 Å². The zero-order valence-corrected chi connectivity index (χ0v) is 14.9. The van der Waals surface area contributed by atoms with Gasteiger partial charge in [0.15, 0.2) is 0 Å². The van der Waals surface area contributed by atoms with E-state index in [-0.39, 0.29) is 11.8 Å². The van der Waals surface area contributed by atoms with Crippen molar-refractivity contribution in [3.63, 3.8) is 0 Å². The van der Waals surface area contributed by atoms with Gasteiger partial charge in [-0.3, -0.25) is 4.79 Å². The molecule has 0 bridgehead atoms. The second kappa shape index (κ2) is 6.62. The third-order valence-corrected chi connectivity index (χ3v) is 5.85. The van der Waals surface area contributed by atoms with Crippen LogP contribution in [0.2, 0.25) is 0 Å². The number of ether oxygens (including phenoxy) is 1. The first-order chi connectivity index (χ1) is 10.3. The van der Waals surface area contributed by atoms with Gasteiger partial charge in [-0.2, -0.15) is 0 Å². The third kappa shape index (κ3) is 3.23. The topological polar surface area (TPSA) is 55.4 Å². The van der Waals surface area contributed by atoms with Crippen molar-refractivity contribution in [2.75, 3.05) is 12.4 Å². The van der Waals surface area contributed by atoms with Crippen LogP contribution in [0.15, 0.2) is 11.4 Å². The fraction of sp³-hybridized carbons (Fsp3) is 0.375. The maximum Gasteiger partial charge on any atom is 0.340 e. The molecule has 0 aliphatic rings. The zero-order valence-electron chi connectivity index (χ0n) is 13.3. The average molecular weight is 337 g/mol. The molecule has 0 aliphatic carbocycles. The van der Waals surface area contributed by atoms with E-state index in [4.69, 9.17) is 4.74 Å². The Hall–Kier alpha value is -1.66. The maximum atomic E-state index is 12.4. The number of hydrogen-bond donors (Lipinski definition) is 1. The number of aryl methyl sites for hydroxylation is 1. The summed E-state index contributed by atoms with van der Waals surface area (Å²) >= 11 is 2.96. The molecular weight excluding hydrogens is 318 g/mol. The Labute approximate surface area is 138 Å².